The monoisotopic (exact) mass is 229 g/mol. The predicted molar refractivity (Wildman–Crippen MR) is 51.0 cm³/mol. The Bertz CT molecular complexity index is 433. The average Bonchev–Trinajstić information content (AvgIpc) is 2.60. The van der Waals surface area contributed by atoms with Gasteiger partial charge in [-0.15, -0.1) is 0 Å². The molecule has 0 saturated carbocycles. The summed E-state index contributed by atoms with van der Waals surface area (Å²) in [7, 11) is 0. The Kier molecular flexibility index (Phi) is 2.85. The van der Waals surface area contributed by atoms with Gasteiger partial charge in [-0.05, 0) is 12.5 Å². The Balaban J connectivity index is 2.24. The second-order valence-corrected chi connectivity index (χ2v) is 3.78. The molecule has 0 radical (unpaired) electrons. The largest absolute Gasteiger partial charge is 0.338 e. The summed E-state index contributed by atoms with van der Waals surface area (Å²) in [6.07, 6.45) is 1.12. The zero-order valence-corrected chi connectivity index (χ0v) is 8.47. The van der Waals surface area contributed by atoms with Crippen molar-refractivity contribution in [1.82, 2.24) is 4.90 Å². The number of nitrogens with zero attached hydrogens (tertiary/aromatic N) is 1. The van der Waals surface area contributed by atoms with Crippen LogP contribution in [0.25, 0.3) is 0 Å². The molecule has 1 heterocycles. The van der Waals surface area contributed by atoms with Gasteiger partial charge in [-0.25, -0.2) is 13.2 Å². The normalized spacial score (nSPS) is 15.9. The zero-order valence-electron chi connectivity index (χ0n) is 8.47. The first-order valence-electron chi connectivity index (χ1n) is 4.99. The molecule has 0 spiro atoms. The standard InChI is InChI=1S/C11H10F3NO/c12-8-4-7(11(14)9(13)5-8)6-15-3-1-2-10(15)16/h4-5H,1-3,6H2. The maximum atomic E-state index is 13.3. The molecule has 0 aliphatic carbocycles. The van der Waals surface area contributed by atoms with Gasteiger partial charge in [0.2, 0.25) is 5.91 Å². The fourth-order valence-electron chi connectivity index (χ4n) is 1.80. The molecule has 0 aromatic heterocycles. The van der Waals surface area contributed by atoms with Crippen LogP contribution in [0.15, 0.2) is 12.1 Å². The number of carbonyl (C=O) groups excluding carboxylic acids is 1. The maximum Gasteiger partial charge on any atom is 0.222 e. The van der Waals surface area contributed by atoms with E-state index in [0.717, 1.165) is 6.07 Å². The Morgan fingerprint density at radius 2 is 2.00 bits per heavy atom. The van der Waals surface area contributed by atoms with Gasteiger partial charge in [0.1, 0.15) is 5.82 Å². The second-order valence-electron chi connectivity index (χ2n) is 3.78. The fraction of sp³-hybridized carbons (Fsp3) is 0.364. The Morgan fingerprint density at radius 1 is 1.25 bits per heavy atom. The first-order valence-corrected chi connectivity index (χ1v) is 4.99. The third kappa shape index (κ3) is 2.03. The number of likely N-dealkylation sites (tertiary alicyclic amines) is 1. The lowest BCUT2D eigenvalue weighted by Crippen LogP contribution is -2.24. The quantitative estimate of drug-likeness (QED) is 0.712. The summed E-state index contributed by atoms with van der Waals surface area (Å²) in [4.78, 5) is 12.7. The molecule has 1 saturated heterocycles. The van der Waals surface area contributed by atoms with E-state index in [1.54, 1.807) is 0 Å². The molecular formula is C11H10F3NO. The highest BCUT2D eigenvalue weighted by molar-refractivity contribution is 5.78. The first-order chi connectivity index (χ1) is 7.58. The molecule has 86 valence electrons. The number of benzene rings is 1. The third-order valence-corrected chi connectivity index (χ3v) is 2.60. The zero-order chi connectivity index (χ0) is 11.7. The van der Waals surface area contributed by atoms with E-state index in [1.165, 1.54) is 4.90 Å². The van der Waals surface area contributed by atoms with E-state index in [4.69, 9.17) is 0 Å². The van der Waals surface area contributed by atoms with Crippen LogP contribution in [0.1, 0.15) is 18.4 Å². The van der Waals surface area contributed by atoms with E-state index in [-0.39, 0.29) is 18.0 Å². The summed E-state index contributed by atoms with van der Waals surface area (Å²) in [5, 5.41) is 0. The van der Waals surface area contributed by atoms with E-state index < -0.39 is 17.5 Å². The second kappa shape index (κ2) is 4.15. The van der Waals surface area contributed by atoms with Crippen LogP contribution in [-0.4, -0.2) is 17.4 Å². The van der Waals surface area contributed by atoms with Gasteiger partial charge < -0.3 is 4.90 Å². The molecule has 1 amide bonds. The van der Waals surface area contributed by atoms with Gasteiger partial charge in [-0.2, -0.15) is 0 Å². The van der Waals surface area contributed by atoms with Crippen molar-refractivity contribution in [2.24, 2.45) is 0 Å². The smallest absolute Gasteiger partial charge is 0.222 e. The van der Waals surface area contributed by atoms with Crippen LogP contribution in [0.2, 0.25) is 0 Å². The van der Waals surface area contributed by atoms with Crippen LogP contribution in [-0.2, 0) is 11.3 Å². The highest BCUT2D eigenvalue weighted by Crippen LogP contribution is 2.19. The highest BCUT2D eigenvalue weighted by Gasteiger charge is 2.22. The molecule has 1 aromatic rings. The van der Waals surface area contributed by atoms with E-state index in [2.05, 4.69) is 0 Å². The lowest BCUT2D eigenvalue weighted by atomic mass is 10.2. The number of halogens is 3. The van der Waals surface area contributed by atoms with Crippen LogP contribution in [0.3, 0.4) is 0 Å². The Morgan fingerprint density at radius 3 is 2.62 bits per heavy atom. The van der Waals surface area contributed by atoms with Crippen LogP contribution in [0, 0.1) is 17.5 Å². The molecule has 16 heavy (non-hydrogen) atoms. The van der Waals surface area contributed by atoms with Gasteiger partial charge in [0.15, 0.2) is 11.6 Å². The van der Waals surface area contributed by atoms with Crippen molar-refractivity contribution < 1.29 is 18.0 Å². The van der Waals surface area contributed by atoms with Crippen molar-refractivity contribution in [1.29, 1.82) is 0 Å². The van der Waals surface area contributed by atoms with Gasteiger partial charge in [0.05, 0.1) is 0 Å². The topological polar surface area (TPSA) is 20.3 Å². The van der Waals surface area contributed by atoms with Crippen LogP contribution < -0.4 is 0 Å². The summed E-state index contributed by atoms with van der Waals surface area (Å²) >= 11 is 0. The summed E-state index contributed by atoms with van der Waals surface area (Å²) < 4.78 is 39.0. The van der Waals surface area contributed by atoms with Crippen LogP contribution >= 0.6 is 0 Å². The molecule has 1 aliphatic heterocycles. The van der Waals surface area contributed by atoms with Crippen molar-refractivity contribution in [3.8, 4) is 0 Å². The molecule has 1 fully saturated rings. The molecule has 1 aliphatic rings. The molecule has 0 N–H and O–H groups in total. The van der Waals surface area contributed by atoms with Crippen molar-refractivity contribution in [3.63, 3.8) is 0 Å². The number of carbonyl (C=O) groups is 1. The van der Waals surface area contributed by atoms with Crippen LogP contribution in [0.4, 0.5) is 13.2 Å². The summed E-state index contributed by atoms with van der Waals surface area (Å²) in [5.74, 6) is -3.24. The van der Waals surface area contributed by atoms with E-state index in [0.29, 0.717) is 25.5 Å². The highest BCUT2D eigenvalue weighted by atomic mass is 19.2. The fourth-order valence-corrected chi connectivity index (χ4v) is 1.80. The number of amides is 1. The maximum absolute atomic E-state index is 13.3. The molecular weight excluding hydrogens is 219 g/mol. The minimum atomic E-state index is -1.22. The van der Waals surface area contributed by atoms with E-state index in [1.807, 2.05) is 0 Å². The van der Waals surface area contributed by atoms with E-state index >= 15 is 0 Å². The molecule has 0 bridgehead atoms. The SMILES string of the molecule is O=C1CCCN1Cc1cc(F)cc(F)c1F. The number of hydrogen-bond donors (Lipinski definition) is 0. The molecule has 2 nitrogen and oxygen atoms in total. The number of hydrogen-bond acceptors (Lipinski definition) is 1. The predicted octanol–water partition coefficient (Wildman–Crippen LogP) is 2.23. The Hall–Kier alpha value is -1.52. The van der Waals surface area contributed by atoms with Crippen molar-refractivity contribution in [3.05, 3.63) is 35.1 Å². The van der Waals surface area contributed by atoms with Gasteiger partial charge in [0.25, 0.3) is 0 Å². The van der Waals surface area contributed by atoms with E-state index in [9.17, 15) is 18.0 Å². The summed E-state index contributed by atoms with van der Waals surface area (Å²) in [6.45, 7) is 0.440. The summed E-state index contributed by atoms with van der Waals surface area (Å²) in [6, 6.07) is 1.41. The lowest BCUT2D eigenvalue weighted by molar-refractivity contribution is -0.128. The average molecular weight is 229 g/mol. The molecule has 0 atom stereocenters. The minimum absolute atomic E-state index is 0.0701. The first kappa shape index (κ1) is 11.0. The Labute approximate surface area is 90.7 Å². The number of rotatable bonds is 2. The third-order valence-electron chi connectivity index (χ3n) is 2.60. The minimum Gasteiger partial charge on any atom is -0.338 e. The molecule has 5 heteroatoms. The lowest BCUT2D eigenvalue weighted by Gasteiger charge is -2.16. The van der Waals surface area contributed by atoms with Gasteiger partial charge >= 0.3 is 0 Å². The molecule has 1 aromatic carbocycles. The van der Waals surface area contributed by atoms with Crippen molar-refractivity contribution >= 4 is 5.91 Å². The molecule has 2 rings (SSSR count). The van der Waals surface area contributed by atoms with Crippen molar-refractivity contribution in [2.75, 3.05) is 6.54 Å². The van der Waals surface area contributed by atoms with Gasteiger partial charge in [0, 0.05) is 31.1 Å². The van der Waals surface area contributed by atoms with Gasteiger partial charge in [-0.3, -0.25) is 4.79 Å². The van der Waals surface area contributed by atoms with Crippen molar-refractivity contribution in [2.45, 2.75) is 19.4 Å². The van der Waals surface area contributed by atoms with Gasteiger partial charge in [-0.1, -0.05) is 0 Å². The van der Waals surface area contributed by atoms with Crippen LogP contribution in [0.5, 0.6) is 0 Å². The molecule has 0 unspecified atom stereocenters. The summed E-state index contributed by atoms with van der Waals surface area (Å²) in [5.41, 5.74) is -0.118.